The van der Waals surface area contributed by atoms with Crippen LogP contribution in [0.5, 0.6) is 0 Å². The van der Waals surface area contributed by atoms with Gasteiger partial charge in [0.1, 0.15) is 0 Å². The van der Waals surface area contributed by atoms with Gasteiger partial charge in [0, 0.05) is 0 Å². The van der Waals surface area contributed by atoms with Crippen LogP contribution in [0.25, 0.3) is 0 Å². The molecule has 3 heteroatoms. The summed E-state index contributed by atoms with van der Waals surface area (Å²) in [7, 11) is -1.13. The van der Waals surface area contributed by atoms with Crippen LogP contribution in [0.1, 0.15) is 20.3 Å². The maximum absolute atomic E-state index is 8.38. The Bertz CT molecular complexity index is 47.0. The van der Waals surface area contributed by atoms with Gasteiger partial charge in [-0.15, -0.1) is 0 Å². The Morgan fingerprint density at radius 2 is 2.00 bits per heavy atom. The molecule has 0 spiro atoms. The van der Waals surface area contributed by atoms with Crippen molar-refractivity contribution in [1.29, 1.82) is 0 Å². The molecule has 0 aliphatic heterocycles. The molecule has 0 unspecified atom stereocenters. The lowest BCUT2D eigenvalue weighted by molar-refractivity contribution is 0.386. The van der Waals surface area contributed by atoms with Gasteiger partial charge in [-0.2, -0.15) is 0 Å². The molecule has 0 amide bonds. The van der Waals surface area contributed by atoms with E-state index in [0.29, 0.717) is 0 Å². The van der Waals surface area contributed by atoms with Crippen molar-refractivity contribution in [2.24, 2.45) is 0 Å². The third-order valence-electron chi connectivity index (χ3n) is 1.15. The number of hydrogen-bond acceptors (Lipinski definition) is 2. The molecule has 7 heavy (non-hydrogen) atoms. The van der Waals surface area contributed by atoms with Gasteiger partial charge < -0.3 is 10.0 Å². The standard InChI is InChI=1S/C4H11BO2/c1-3-4(2)5(6)7/h4,6-7H,3H2,1-2H3/t4-/m0/s1. The van der Waals surface area contributed by atoms with Crippen molar-refractivity contribution < 1.29 is 10.0 Å². The summed E-state index contributed by atoms with van der Waals surface area (Å²) in [5.41, 5.74) is 0. The van der Waals surface area contributed by atoms with Gasteiger partial charge in [0.2, 0.25) is 0 Å². The van der Waals surface area contributed by atoms with E-state index < -0.39 is 7.12 Å². The van der Waals surface area contributed by atoms with Gasteiger partial charge in [-0.1, -0.05) is 20.3 Å². The third kappa shape index (κ3) is 2.65. The Morgan fingerprint density at radius 1 is 1.57 bits per heavy atom. The van der Waals surface area contributed by atoms with Crippen LogP contribution in [0, 0.1) is 0 Å². The number of rotatable bonds is 2. The van der Waals surface area contributed by atoms with Gasteiger partial charge in [-0.05, 0) is 5.82 Å². The summed E-state index contributed by atoms with van der Waals surface area (Å²) in [6.07, 6.45) is 0.817. The Labute approximate surface area is 44.3 Å². The van der Waals surface area contributed by atoms with Crippen LogP contribution < -0.4 is 0 Å². The zero-order valence-electron chi connectivity index (χ0n) is 4.76. The van der Waals surface area contributed by atoms with E-state index in [1.807, 2.05) is 6.92 Å². The van der Waals surface area contributed by atoms with E-state index in [-0.39, 0.29) is 5.82 Å². The molecule has 0 rings (SSSR count). The van der Waals surface area contributed by atoms with Gasteiger partial charge in [-0.3, -0.25) is 0 Å². The molecule has 0 aromatic rings. The van der Waals surface area contributed by atoms with Crippen LogP contribution in [0.4, 0.5) is 0 Å². The smallest absolute Gasteiger partial charge is 0.427 e. The quantitative estimate of drug-likeness (QED) is 0.491. The zero-order valence-corrected chi connectivity index (χ0v) is 4.76. The molecule has 0 aliphatic carbocycles. The SMILES string of the molecule is CC[C@H](C)B(O)O. The Hall–Kier alpha value is -0.0151. The molecule has 1 atom stereocenters. The lowest BCUT2D eigenvalue weighted by atomic mass is 9.73. The molecule has 0 fully saturated rings. The molecule has 0 heterocycles. The van der Waals surface area contributed by atoms with Crippen LogP contribution in [-0.4, -0.2) is 17.2 Å². The first-order valence-electron chi connectivity index (χ1n) is 2.54. The van der Waals surface area contributed by atoms with Crippen LogP contribution >= 0.6 is 0 Å². The molecule has 0 aromatic carbocycles. The summed E-state index contributed by atoms with van der Waals surface area (Å²) in [6.45, 7) is 3.72. The average molecular weight is 102 g/mol. The minimum atomic E-state index is -1.13. The van der Waals surface area contributed by atoms with Crippen molar-refractivity contribution in [3.8, 4) is 0 Å². The van der Waals surface area contributed by atoms with E-state index in [1.54, 1.807) is 6.92 Å². The highest BCUT2D eigenvalue weighted by Gasteiger charge is 2.14. The highest BCUT2D eigenvalue weighted by molar-refractivity contribution is 6.42. The van der Waals surface area contributed by atoms with Crippen LogP contribution in [-0.2, 0) is 0 Å². The van der Waals surface area contributed by atoms with Crippen molar-refractivity contribution in [3.63, 3.8) is 0 Å². The van der Waals surface area contributed by atoms with E-state index in [1.165, 1.54) is 0 Å². The summed E-state index contributed by atoms with van der Waals surface area (Å²) in [5.74, 6) is 0.0139. The van der Waals surface area contributed by atoms with Gasteiger partial charge in [0.05, 0.1) is 0 Å². The van der Waals surface area contributed by atoms with Gasteiger partial charge >= 0.3 is 7.12 Å². The predicted molar refractivity (Wildman–Crippen MR) is 29.9 cm³/mol. The lowest BCUT2D eigenvalue weighted by Crippen LogP contribution is -2.16. The second kappa shape index (κ2) is 3.05. The minimum Gasteiger partial charge on any atom is -0.427 e. The van der Waals surface area contributed by atoms with Crippen molar-refractivity contribution in [1.82, 2.24) is 0 Å². The summed E-state index contributed by atoms with van der Waals surface area (Å²) in [4.78, 5) is 0. The molecular weight excluding hydrogens is 90.9 g/mol. The second-order valence-corrected chi connectivity index (χ2v) is 1.80. The Morgan fingerprint density at radius 3 is 2.00 bits per heavy atom. The minimum absolute atomic E-state index is 0.0139. The second-order valence-electron chi connectivity index (χ2n) is 1.80. The highest BCUT2D eigenvalue weighted by Crippen LogP contribution is 2.07. The fourth-order valence-corrected chi connectivity index (χ4v) is 0.211. The molecule has 0 saturated carbocycles. The van der Waals surface area contributed by atoms with Crippen LogP contribution in [0.2, 0.25) is 5.82 Å². The molecule has 2 nitrogen and oxygen atoms in total. The molecule has 42 valence electrons. The fourth-order valence-electron chi connectivity index (χ4n) is 0.211. The van der Waals surface area contributed by atoms with Gasteiger partial charge in [0.15, 0.2) is 0 Å². The van der Waals surface area contributed by atoms with E-state index in [4.69, 9.17) is 10.0 Å². The Balaban J connectivity index is 3.14. The summed E-state index contributed by atoms with van der Waals surface area (Å²) in [5, 5.41) is 16.8. The van der Waals surface area contributed by atoms with Gasteiger partial charge in [0.25, 0.3) is 0 Å². The molecular formula is C4H11BO2. The largest absolute Gasteiger partial charge is 0.454 e. The van der Waals surface area contributed by atoms with E-state index in [0.717, 1.165) is 6.42 Å². The van der Waals surface area contributed by atoms with Crippen molar-refractivity contribution >= 4 is 7.12 Å². The monoisotopic (exact) mass is 102 g/mol. The average Bonchev–Trinajstić information content (AvgIpc) is 1.65. The Kier molecular flexibility index (Phi) is 3.04. The highest BCUT2D eigenvalue weighted by atomic mass is 16.4. The fraction of sp³-hybridized carbons (Fsp3) is 1.00. The number of hydrogen-bond donors (Lipinski definition) is 2. The van der Waals surface area contributed by atoms with Crippen LogP contribution in [0.3, 0.4) is 0 Å². The molecule has 0 radical (unpaired) electrons. The lowest BCUT2D eigenvalue weighted by Gasteiger charge is -2.02. The molecule has 0 aromatic heterocycles. The molecule has 0 bridgehead atoms. The maximum Gasteiger partial charge on any atom is 0.454 e. The third-order valence-corrected chi connectivity index (χ3v) is 1.15. The first-order valence-corrected chi connectivity index (χ1v) is 2.54. The summed E-state index contributed by atoms with van der Waals surface area (Å²) >= 11 is 0. The van der Waals surface area contributed by atoms with Crippen molar-refractivity contribution in [2.75, 3.05) is 0 Å². The van der Waals surface area contributed by atoms with E-state index >= 15 is 0 Å². The maximum atomic E-state index is 8.38. The van der Waals surface area contributed by atoms with Crippen molar-refractivity contribution in [2.45, 2.75) is 26.1 Å². The zero-order chi connectivity index (χ0) is 5.86. The first-order chi connectivity index (χ1) is 3.18. The normalized spacial score (nSPS) is 13.7. The van der Waals surface area contributed by atoms with Gasteiger partial charge in [-0.25, -0.2) is 0 Å². The van der Waals surface area contributed by atoms with Crippen molar-refractivity contribution in [3.05, 3.63) is 0 Å². The predicted octanol–water partition coefficient (Wildman–Crippen LogP) is 0.259. The van der Waals surface area contributed by atoms with E-state index in [9.17, 15) is 0 Å². The molecule has 0 saturated heterocycles. The topological polar surface area (TPSA) is 40.5 Å². The summed E-state index contributed by atoms with van der Waals surface area (Å²) in [6, 6.07) is 0. The van der Waals surface area contributed by atoms with E-state index in [2.05, 4.69) is 0 Å². The molecule has 2 N–H and O–H groups in total. The van der Waals surface area contributed by atoms with Crippen LogP contribution in [0.15, 0.2) is 0 Å². The molecule has 0 aliphatic rings. The first kappa shape index (κ1) is 6.98. The summed E-state index contributed by atoms with van der Waals surface area (Å²) < 4.78 is 0.